The van der Waals surface area contributed by atoms with Crippen LogP contribution in [-0.4, -0.2) is 40.5 Å². The van der Waals surface area contributed by atoms with E-state index in [1.54, 1.807) is 4.90 Å². The average Bonchev–Trinajstić information content (AvgIpc) is 3.31. The number of hydrogen-bond donors (Lipinski definition) is 2. The molecule has 5 heteroatoms. The normalized spacial score (nSPS) is 20.7. The van der Waals surface area contributed by atoms with Crippen LogP contribution in [0.2, 0.25) is 0 Å². The predicted octanol–water partition coefficient (Wildman–Crippen LogP) is 1.17. The van der Waals surface area contributed by atoms with Gasteiger partial charge in [-0.3, -0.25) is 9.59 Å². The summed E-state index contributed by atoms with van der Waals surface area (Å²) in [5, 5.41) is 12.1. The molecule has 0 spiro atoms. The standard InChI is InChI=1S/C16H20N2O3/c19-15(20)7-8-18(13-5-6-13)16(21)14-9-11-3-1-2-4-12(11)10-17-14/h1-4,13-14,17H,5-10H2,(H,19,20). The van der Waals surface area contributed by atoms with Crippen molar-refractivity contribution in [3.8, 4) is 0 Å². The molecule has 21 heavy (non-hydrogen) atoms. The third-order valence-electron chi connectivity index (χ3n) is 4.22. The molecule has 5 nitrogen and oxygen atoms in total. The number of amides is 1. The Balaban J connectivity index is 1.68. The van der Waals surface area contributed by atoms with Crippen LogP contribution in [0, 0.1) is 0 Å². The number of carboxylic acid groups (broad SMARTS) is 1. The van der Waals surface area contributed by atoms with Gasteiger partial charge in [-0.15, -0.1) is 0 Å². The number of carbonyl (C=O) groups excluding carboxylic acids is 1. The molecule has 3 rings (SSSR count). The number of hydrogen-bond acceptors (Lipinski definition) is 3. The molecule has 2 aliphatic rings. The molecule has 0 saturated heterocycles. The number of carbonyl (C=O) groups is 2. The molecule has 0 aromatic heterocycles. The fourth-order valence-electron chi connectivity index (χ4n) is 2.90. The maximum atomic E-state index is 12.7. The largest absolute Gasteiger partial charge is 0.481 e. The van der Waals surface area contributed by atoms with E-state index in [0.29, 0.717) is 19.5 Å². The average molecular weight is 288 g/mol. The highest BCUT2D eigenvalue weighted by molar-refractivity contribution is 5.83. The van der Waals surface area contributed by atoms with Crippen LogP contribution >= 0.6 is 0 Å². The second kappa shape index (κ2) is 5.85. The lowest BCUT2D eigenvalue weighted by Crippen LogP contribution is -2.50. The van der Waals surface area contributed by atoms with Crippen molar-refractivity contribution in [3.05, 3.63) is 35.4 Å². The molecule has 1 aliphatic carbocycles. The molecule has 1 saturated carbocycles. The van der Waals surface area contributed by atoms with Gasteiger partial charge in [-0.25, -0.2) is 0 Å². The molecule has 1 unspecified atom stereocenters. The minimum Gasteiger partial charge on any atom is -0.481 e. The van der Waals surface area contributed by atoms with Crippen LogP contribution in [0.25, 0.3) is 0 Å². The quantitative estimate of drug-likeness (QED) is 0.853. The SMILES string of the molecule is O=C(O)CCN(C(=O)C1Cc2ccccc2CN1)C1CC1. The highest BCUT2D eigenvalue weighted by atomic mass is 16.4. The van der Waals surface area contributed by atoms with Gasteiger partial charge in [-0.2, -0.15) is 0 Å². The third-order valence-corrected chi connectivity index (χ3v) is 4.22. The van der Waals surface area contributed by atoms with Gasteiger partial charge in [-0.05, 0) is 30.4 Å². The highest BCUT2D eigenvalue weighted by Crippen LogP contribution is 2.28. The molecule has 1 aromatic rings. The molecule has 112 valence electrons. The van der Waals surface area contributed by atoms with Crippen molar-refractivity contribution in [3.63, 3.8) is 0 Å². The van der Waals surface area contributed by atoms with Crippen LogP contribution < -0.4 is 5.32 Å². The van der Waals surface area contributed by atoms with Gasteiger partial charge in [0.05, 0.1) is 12.5 Å². The molecule has 1 atom stereocenters. The summed E-state index contributed by atoms with van der Waals surface area (Å²) in [5.74, 6) is -0.802. The number of carboxylic acids is 1. The molecule has 1 aliphatic heterocycles. The monoisotopic (exact) mass is 288 g/mol. The summed E-state index contributed by atoms with van der Waals surface area (Å²) >= 11 is 0. The highest BCUT2D eigenvalue weighted by Gasteiger charge is 2.36. The molecule has 1 amide bonds. The van der Waals surface area contributed by atoms with Crippen LogP contribution in [0.15, 0.2) is 24.3 Å². The summed E-state index contributed by atoms with van der Waals surface area (Å²) in [7, 11) is 0. The van der Waals surface area contributed by atoms with Gasteiger partial charge in [0.1, 0.15) is 0 Å². The van der Waals surface area contributed by atoms with Crippen LogP contribution in [0.4, 0.5) is 0 Å². The molecule has 1 aromatic carbocycles. The van der Waals surface area contributed by atoms with E-state index in [1.807, 2.05) is 12.1 Å². The van der Waals surface area contributed by atoms with E-state index in [1.165, 1.54) is 11.1 Å². The molecule has 2 N–H and O–H groups in total. The van der Waals surface area contributed by atoms with Crippen molar-refractivity contribution < 1.29 is 14.7 Å². The Morgan fingerprint density at radius 3 is 2.62 bits per heavy atom. The topological polar surface area (TPSA) is 69.6 Å². The van der Waals surface area contributed by atoms with Crippen LogP contribution in [0.5, 0.6) is 0 Å². The maximum Gasteiger partial charge on any atom is 0.305 e. The smallest absolute Gasteiger partial charge is 0.305 e. The Morgan fingerprint density at radius 1 is 1.24 bits per heavy atom. The van der Waals surface area contributed by atoms with E-state index in [9.17, 15) is 9.59 Å². The summed E-state index contributed by atoms with van der Waals surface area (Å²) < 4.78 is 0. The van der Waals surface area contributed by atoms with Gasteiger partial charge < -0.3 is 15.3 Å². The van der Waals surface area contributed by atoms with Gasteiger partial charge in [-0.1, -0.05) is 24.3 Å². The lowest BCUT2D eigenvalue weighted by atomic mass is 9.95. The van der Waals surface area contributed by atoms with Crippen molar-refractivity contribution in [2.75, 3.05) is 6.54 Å². The fraction of sp³-hybridized carbons (Fsp3) is 0.500. The zero-order chi connectivity index (χ0) is 14.8. The first kappa shape index (κ1) is 14.1. The summed E-state index contributed by atoms with van der Waals surface area (Å²) in [4.78, 5) is 25.2. The lowest BCUT2D eigenvalue weighted by molar-refractivity contribution is -0.139. The number of fused-ring (bicyclic) bond motifs is 1. The van der Waals surface area contributed by atoms with E-state index in [-0.39, 0.29) is 24.4 Å². The van der Waals surface area contributed by atoms with Crippen molar-refractivity contribution >= 4 is 11.9 Å². The Hall–Kier alpha value is -1.88. The Bertz CT molecular complexity index is 554. The predicted molar refractivity (Wildman–Crippen MR) is 77.8 cm³/mol. The Morgan fingerprint density at radius 2 is 1.95 bits per heavy atom. The number of nitrogens with zero attached hydrogens (tertiary/aromatic N) is 1. The van der Waals surface area contributed by atoms with Gasteiger partial charge in [0.15, 0.2) is 0 Å². The summed E-state index contributed by atoms with van der Waals surface area (Å²) in [6.07, 6.45) is 2.69. The number of benzene rings is 1. The van der Waals surface area contributed by atoms with E-state index >= 15 is 0 Å². The van der Waals surface area contributed by atoms with Crippen LogP contribution in [0.3, 0.4) is 0 Å². The first-order valence-corrected chi connectivity index (χ1v) is 7.47. The zero-order valence-corrected chi connectivity index (χ0v) is 11.9. The summed E-state index contributed by atoms with van der Waals surface area (Å²) in [6.45, 7) is 1.02. The van der Waals surface area contributed by atoms with Crippen molar-refractivity contribution in [2.45, 2.75) is 44.3 Å². The molecular formula is C16H20N2O3. The van der Waals surface area contributed by atoms with E-state index in [4.69, 9.17) is 5.11 Å². The van der Waals surface area contributed by atoms with Gasteiger partial charge in [0.2, 0.25) is 5.91 Å². The second-order valence-electron chi connectivity index (χ2n) is 5.81. The molecule has 1 heterocycles. The van der Waals surface area contributed by atoms with Crippen LogP contribution in [0.1, 0.15) is 30.4 Å². The lowest BCUT2D eigenvalue weighted by Gasteiger charge is -2.31. The fourth-order valence-corrected chi connectivity index (χ4v) is 2.90. The first-order chi connectivity index (χ1) is 10.1. The Labute approximate surface area is 123 Å². The van der Waals surface area contributed by atoms with E-state index in [2.05, 4.69) is 17.4 Å². The van der Waals surface area contributed by atoms with Crippen molar-refractivity contribution in [1.29, 1.82) is 0 Å². The maximum absolute atomic E-state index is 12.7. The number of aliphatic carboxylic acids is 1. The molecule has 1 fully saturated rings. The minimum atomic E-state index is -0.851. The Kier molecular flexibility index (Phi) is 3.92. The van der Waals surface area contributed by atoms with Gasteiger partial charge in [0.25, 0.3) is 0 Å². The summed E-state index contributed by atoms with van der Waals surface area (Å²) in [6, 6.07) is 8.16. The van der Waals surface area contributed by atoms with Crippen molar-refractivity contribution in [1.82, 2.24) is 10.2 Å². The first-order valence-electron chi connectivity index (χ1n) is 7.47. The van der Waals surface area contributed by atoms with Gasteiger partial charge in [0, 0.05) is 19.1 Å². The third kappa shape index (κ3) is 3.24. The van der Waals surface area contributed by atoms with E-state index < -0.39 is 5.97 Å². The molecular weight excluding hydrogens is 268 g/mol. The van der Waals surface area contributed by atoms with Crippen LogP contribution in [-0.2, 0) is 22.6 Å². The molecule has 0 radical (unpaired) electrons. The second-order valence-corrected chi connectivity index (χ2v) is 5.81. The van der Waals surface area contributed by atoms with Gasteiger partial charge >= 0.3 is 5.97 Å². The van der Waals surface area contributed by atoms with E-state index in [0.717, 1.165) is 12.8 Å². The number of rotatable bonds is 5. The molecule has 0 bridgehead atoms. The van der Waals surface area contributed by atoms with Crippen molar-refractivity contribution in [2.24, 2.45) is 0 Å². The zero-order valence-electron chi connectivity index (χ0n) is 11.9. The summed E-state index contributed by atoms with van der Waals surface area (Å²) in [5.41, 5.74) is 2.45. The number of nitrogens with one attached hydrogen (secondary N) is 1. The minimum absolute atomic E-state index is 0.0194.